The fourth-order valence-electron chi connectivity index (χ4n) is 2.27. The Morgan fingerprint density at radius 3 is 2.72 bits per heavy atom. The van der Waals surface area contributed by atoms with Crippen LogP contribution in [0.1, 0.15) is 16.3 Å². The van der Waals surface area contributed by atoms with Crippen LogP contribution < -0.4 is 4.72 Å². The van der Waals surface area contributed by atoms with Gasteiger partial charge in [0.2, 0.25) is 5.76 Å². The lowest BCUT2D eigenvalue weighted by molar-refractivity contribution is 0.0661. The minimum absolute atomic E-state index is 0.0347. The Balaban J connectivity index is 2.06. The molecule has 0 aliphatic rings. The maximum Gasteiger partial charge on any atom is 0.371 e. The number of anilines is 1. The van der Waals surface area contributed by atoms with Gasteiger partial charge in [-0.1, -0.05) is 17.7 Å². The third kappa shape index (κ3) is 3.24. The Bertz CT molecular complexity index is 1040. The molecule has 0 fully saturated rings. The molecule has 0 unspecified atom stereocenters. The number of nitrogens with one attached hydrogen (secondary N) is 1. The maximum atomic E-state index is 12.7. The van der Waals surface area contributed by atoms with Gasteiger partial charge in [-0.3, -0.25) is 4.72 Å². The Labute approximate surface area is 147 Å². The topological polar surface area (TPSA) is 114 Å². The van der Waals surface area contributed by atoms with Crippen molar-refractivity contribution >= 4 is 33.3 Å². The van der Waals surface area contributed by atoms with Gasteiger partial charge < -0.3 is 9.52 Å². The van der Waals surface area contributed by atoms with Crippen molar-refractivity contribution in [1.29, 1.82) is 0 Å². The molecule has 2 heterocycles. The number of furan rings is 1. The minimum Gasteiger partial charge on any atom is -0.475 e. The van der Waals surface area contributed by atoms with Crippen molar-refractivity contribution in [2.45, 2.75) is 11.8 Å². The van der Waals surface area contributed by atoms with Gasteiger partial charge in [-0.15, -0.1) is 0 Å². The molecule has 3 rings (SSSR count). The highest BCUT2D eigenvalue weighted by Gasteiger charge is 2.25. The van der Waals surface area contributed by atoms with Gasteiger partial charge in [0.25, 0.3) is 10.0 Å². The number of carbonyl (C=O) groups is 1. The Morgan fingerprint density at radius 1 is 1.36 bits per heavy atom. The van der Waals surface area contributed by atoms with E-state index in [0.29, 0.717) is 10.7 Å². The van der Waals surface area contributed by atoms with Gasteiger partial charge in [-0.05, 0) is 25.1 Å². The Hall–Kier alpha value is -2.78. The summed E-state index contributed by atoms with van der Waals surface area (Å²) in [7, 11) is -4.09. The zero-order chi connectivity index (χ0) is 18.2. The molecule has 8 nitrogen and oxygen atoms in total. The van der Waals surface area contributed by atoms with Crippen molar-refractivity contribution in [2.75, 3.05) is 4.72 Å². The second kappa shape index (κ2) is 6.26. The highest BCUT2D eigenvalue weighted by atomic mass is 35.5. The van der Waals surface area contributed by atoms with Crippen molar-refractivity contribution in [1.82, 2.24) is 9.78 Å². The van der Waals surface area contributed by atoms with Crippen LogP contribution in [-0.4, -0.2) is 29.3 Å². The predicted molar refractivity (Wildman–Crippen MR) is 89.8 cm³/mol. The van der Waals surface area contributed by atoms with Crippen molar-refractivity contribution in [3.8, 4) is 5.69 Å². The molecule has 0 aliphatic carbocycles. The molecular weight excluding hydrogens is 370 g/mol. The van der Waals surface area contributed by atoms with Gasteiger partial charge in [-0.25, -0.2) is 17.9 Å². The molecule has 0 radical (unpaired) electrons. The van der Waals surface area contributed by atoms with E-state index >= 15 is 0 Å². The van der Waals surface area contributed by atoms with E-state index in [1.54, 1.807) is 24.4 Å². The number of para-hydroxylation sites is 1. The lowest BCUT2D eigenvalue weighted by Gasteiger charge is -2.13. The molecule has 10 heteroatoms. The average molecular weight is 382 g/mol. The molecular formula is C15H12ClN3O5S. The summed E-state index contributed by atoms with van der Waals surface area (Å²) in [6.07, 6.45) is 3.14. The second-order valence-electron chi connectivity index (χ2n) is 5.03. The van der Waals surface area contributed by atoms with Gasteiger partial charge in [0.1, 0.15) is 16.3 Å². The van der Waals surface area contributed by atoms with E-state index in [0.717, 1.165) is 6.07 Å². The fraction of sp³-hybridized carbons (Fsp3) is 0.0667. The number of carboxylic acid groups (broad SMARTS) is 1. The fourth-order valence-corrected chi connectivity index (χ4v) is 3.78. The second-order valence-corrected chi connectivity index (χ2v) is 7.09. The van der Waals surface area contributed by atoms with E-state index < -0.39 is 21.8 Å². The van der Waals surface area contributed by atoms with Crippen LogP contribution in [-0.2, 0) is 10.0 Å². The zero-order valence-corrected chi connectivity index (χ0v) is 14.4. The van der Waals surface area contributed by atoms with Crippen molar-refractivity contribution < 1.29 is 22.7 Å². The quantitative estimate of drug-likeness (QED) is 0.702. The summed E-state index contributed by atoms with van der Waals surface area (Å²) < 4.78 is 34.1. The number of carboxylic acids is 1. The standard InChI is InChI=1S/C15H12ClN3O5S/c1-9-13(8-12(24-9)15(20)21)25(22,23)18-11-5-2-4-10(16)14(11)19-7-3-6-17-19/h2-8,18H,1H3,(H,20,21). The van der Waals surface area contributed by atoms with E-state index in [4.69, 9.17) is 21.1 Å². The summed E-state index contributed by atoms with van der Waals surface area (Å²) in [6, 6.07) is 7.33. The number of sulfonamides is 1. The Kier molecular flexibility index (Phi) is 4.27. The van der Waals surface area contributed by atoms with Crippen LogP contribution in [0.2, 0.25) is 5.02 Å². The molecule has 0 saturated heterocycles. The van der Waals surface area contributed by atoms with Crippen LogP contribution in [0.3, 0.4) is 0 Å². The first-order valence-corrected chi connectivity index (χ1v) is 8.81. The molecule has 0 saturated carbocycles. The molecule has 130 valence electrons. The number of hydrogen-bond donors (Lipinski definition) is 2. The van der Waals surface area contributed by atoms with E-state index in [1.807, 2.05) is 0 Å². The first-order valence-electron chi connectivity index (χ1n) is 6.94. The molecule has 2 N–H and O–H groups in total. The number of rotatable bonds is 5. The van der Waals surface area contributed by atoms with Gasteiger partial charge in [-0.2, -0.15) is 5.10 Å². The first-order chi connectivity index (χ1) is 11.8. The summed E-state index contributed by atoms with van der Waals surface area (Å²) in [5, 5.41) is 13.3. The predicted octanol–water partition coefficient (Wildman–Crippen LogP) is 2.93. The number of nitrogens with zero attached hydrogens (tertiary/aromatic N) is 2. The third-order valence-electron chi connectivity index (χ3n) is 3.34. The molecule has 1 aromatic carbocycles. The SMILES string of the molecule is Cc1oc(C(=O)O)cc1S(=O)(=O)Nc1cccc(Cl)c1-n1cccn1. The van der Waals surface area contributed by atoms with Crippen LogP contribution in [0.4, 0.5) is 5.69 Å². The van der Waals surface area contributed by atoms with E-state index in [2.05, 4.69) is 9.82 Å². The molecule has 0 aliphatic heterocycles. The van der Waals surface area contributed by atoms with E-state index in [9.17, 15) is 13.2 Å². The van der Waals surface area contributed by atoms with E-state index in [1.165, 1.54) is 23.9 Å². The summed E-state index contributed by atoms with van der Waals surface area (Å²) in [5.41, 5.74) is 0.533. The molecule has 0 atom stereocenters. The molecule has 25 heavy (non-hydrogen) atoms. The van der Waals surface area contributed by atoms with Crippen LogP contribution in [0.25, 0.3) is 5.69 Å². The average Bonchev–Trinajstić information content (AvgIpc) is 3.16. The number of benzene rings is 1. The Morgan fingerprint density at radius 2 is 2.12 bits per heavy atom. The van der Waals surface area contributed by atoms with Gasteiger partial charge in [0, 0.05) is 18.5 Å². The number of aryl methyl sites for hydroxylation is 1. The normalized spacial score (nSPS) is 11.4. The zero-order valence-electron chi connectivity index (χ0n) is 12.8. The minimum atomic E-state index is -4.09. The van der Waals surface area contributed by atoms with E-state index in [-0.39, 0.29) is 16.3 Å². The van der Waals surface area contributed by atoms with Crippen LogP contribution in [0, 0.1) is 6.92 Å². The summed E-state index contributed by atoms with van der Waals surface area (Å²) >= 11 is 6.18. The molecule has 0 amide bonds. The largest absolute Gasteiger partial charge is 0.475 e. The van der Waals surface area contributed by atoms with Crippen LogP contribution in [0.5, 0.6) is 0 Å². The lowest BCUT2D eigenvalue weighted by Crippen LogP contribution is -2.15. The van der Waals surface area contributed by atoms with Crippen LogP contribution >= 0.6 is 11.6 Å². The smallest absolute Gasteiger partial charge is 0.371 e. The number of aromatic carboxylic acids is 1. The van der Waals surface area contributed by atoms with Crippen molar-refractivity contribution in [3.05, 3.63) is 59.3 Å². The van der Waals surface area contributed by atoms with Gasteiger partial charge in [0.05, 0.1) is 10.7 Å². The van der Waals surface area contributed by atoms with Crippen molar-refractivity contribution in [2.24, 2.45) is 0 Å². The number of halogens is 1. The molecule has 0 bridgehead atoms. The summed E-state index contributed by atoms with van der Waals surface area (Å²) in [4.78, 5) is 10.7. The molecule has 3 aromatic rings. The van der Waals surface area contributed by atoms with Gasteiger partial charge in [0.15, 0.2) is 0 Å². The lowest BCUT2D eigenvalue weighted by atomic mass is 10.3. The van der Waals surface area contributed by atoms with Crippen molar-refractivity contribution in [3.63, 3.8) is 0 Å². The summed E-state index contributed by atoms with van der Waals surface area (Å²) in [5.74, 6) is -1.85. The highest BCUT2D eigenvalue weighted by Crippen LogP contribution is 2.31. The van der Waals surface area contributed by atoms with Crippen LogP contribution in [0.15, 0.2) is 52.0 Å². The maximum absolute atomic E-state index is 12.7. The first kappa shape index (κ1) is 17.1. The number of hydrogen-bond acceptors (Lipinski definition) is 5. The highest BCUT2D eigenvalue weighted by molar-refractivity contribution is 7.92. The monoisotopic (exact) mass is 381 g/mol. The summed E-state index contributed by atoms with van der Waals surface area (Å²) in [6.45, 7) is 1.37. The molecule has 0 spiro atoms. The third-order valence-corrected chi connectivity index (χ3v) is 5.12. The molecule has 2 aromatic heterocycles. The van der Waals surface area contributed by atoms with Gasteiger partial charge >= 0.3 is 5.97 Å². The number of aromatic nitrogens is 2.